The van der Waals surface area contributed by atoms with Crippen molar-refractivity contribution in [3.63, 3.8) is 0 Å². The van der Waals surface area contributed by atoms with Gasteiger partial charge in [0.05, 0.1) is 31.1 Å². The fourth-order valence-corrected chi connectivity index (χ4v) is 2.70. The van der Waals surface area contributed by atoms with E-state index in [2.05, 4.69) is 17.4 Å². The lowest BCUT2D eigenvalue weighted by Gasteiger charge is -2.27. The number of aryl methyl sites for hydroxylation is 1. The first kappa shape index (κ1) is 15.5. The highest BCUT2D eigenvalue weighted by molar-refractivity contribution is 5.02. The number of hydrogen-bond donors (Lipinski definition) is 2. The van der Waals surface area contributed by atoms with E-state index >= 15 is 0 Å². The van der Waals surface area contributed by atoms with Gasteiger partial charge in [-0.1, -0.05) is 24.9 Å². The number of aliphatic hydroxyl groups excluding tert-OH is 1. The largest absolute Gasteiger partial charge is 0.389 e. The van der Waals surface area contributed by atoms with E-state index < -0.39 is 6.10 Å². The molecule has 1 heterocycles. The predicted octanol–water partition coefficient (Wildman–Crippen LogP) is 2.03. The molecule has 1 aromatic heterocycles. The minimum absolute atomic E-state index is 0.324. The molecule has 0 amide bonds. The lowest BCUT2D eigenvalue weighted by molar-refractivity contribution is -0.0307. The Hall–Kier alpha value is -0.910. The maximum absolute atomic E-state index is 9.90. The Morgan fingerprint density at radius 1 is 1.55 bits per heavy atom. The quantitative estimate of drug-likeness (QED) is 0.801. The van der Waals surface area contributed by atoms with Gasteiger partial charge < -0.3 is 19.7 Å². The topological polar surface area (TPSA) is 67.5 Å². The second-order valence-electron chi connectivity index (χ2n) is 5.95. The summed E-state index contributed by atoms with van der Waals surface area (Å²) < 4.78 is 10.9. The average Bonchev–Trinajstić information content (AvgIpc) is 2.82. The van der Waals surface area contributed by atoms with Crippen LogP contribution < -0.4 is 5.32 Å². The fraction of sp³-hybridized carbons (Fsp3) is 0.800. The van der Waals surface area contributed by atoms with E-state index in [0.717, 1.165) is 30.2 Å². The molecule has 1 fully saturated rings. The number of hydrogen-bond acceptors (Lipinski definition) is 5. The molecule has 20 heavy (non-hydrogen) atoms. The van der Waals surface area contributed by atoms with E-state index in [9.17, 15) is 5.11 Å². The summed E-state index contributed by atoms with van der Waals surface area (Å²) in [6, 6.07) is 1.89. The summed E-state index contributed by atoms with van der Waals surface area (Å²) in [5.41, 5.74) is 0.872. The smallest absolute Gasteiger partial charge is 0.150 e. The molecule has 1 aliphatic rings. The number of nitrogens with one attached hydrogen (secondary N) is 1. The number of aromatic nitrogens is 1. The molecule has 5 heteroatoms. The number of aliphatic hydroxyl groups is 1. The third-order valence-corrected chi connectivity index (χ3v) is 3.77. The van der Waals surface area contributed by atoms with Crippen molar-refractivity contribution < 1.29 is 14.4 Å². The lowest BCUT2D eigenvalue weighted by Crippen LogP contribution is -2.32. The molecule has 2 rings (SSSR count). The summed E-state index contributed by atoms with van der Waals surface area (Å²) in [6.07, 6.45) is 4.65. The minimum Gasteiger partial charge on any atom is -0.389 e. The normalized spacial score (nSPS) is 24.8. The third kappa shape index (κ3) is 5.23. The van der Waals surface area contributed by atoms with E-state index in [1.54, 1.807) is 0 Å². The Morgan fingerprint density at radius 2 is 2.40 bits per heavy atom. The number of ether oxygens (including phenoxy) is 1. The van der Waals surface area contributed by atoms with Crippen molar-refractivity contribution in [2.24, 2.45) is 5.92 Å². The third-order valence-electron chi connectivity index (χ3n) is 3.77. The van der Waals surface area contributed by atoms with Crippen LogP contribution in [0.5, 0.6) is 0 Å². The molecule has 3 atom stereocenters. The molecular formula is C15H26N2O3. The van der Waals surface area contributed by atoms with Gasteiger partial charge >= 0.3 is 0 Å². The van der Waals surface area contributed by atoms with E-state index in [-0.39, 0.29) is 0 Å². The SMILES string of the molecule is Cc1cc(CNCC(O)COC2CCCC(C)C2)on1. The number of nitrogens with zero attached hydrogens (tertiary/aromatic N) is 1. The molecule has 1 saturated carbocycles. The molecule has 0 radical (unpaired) electrons. The second-order valence-corrected chi connectivity index (χ2v) is 5.95. The van der Waals surface area contributed by atoms with Gasteiger partial charge in [0.25, 0.3) is 0 Å². The summed E-state index contributed by atoms with van der Waals surface area (Å²) >= 11 is 0. The van der Waals surface area contributed by atoms with Gasteiger partial charge in [-0.15, -0.1) is 0 Å². The summed E-state index contributed by atoms with van der Waals surface area (Å²) in [6.45, 7) is 5.65. The first-order valence-electron chi connectivity index (χ1n) is 7.56. The van der Waals surface area contributed by atoms with E-state index in [0.29, 0.717) is 25.8 Å². The minimum atomic E-state index is -0.476. The Morgan fingerprint density at radius 3 is 3.10 bits per heavy atom. The van der Waals surface area contributed by atoms with Gasteiger partial charge in [0.1, 0.15) is 0 Å². The molecule has 2 N–H and O–H groups in total. The molecule has 0 saturated heterocycles. The molecule has 5 nitrogen and oxygen atoms in total. The van der Waals surface area contributed by atoms with Gasteiger partial charge in [-0.05, 0) is 25.7 Å². The van der Waals surface area contributed by atoms with Gasteiger partial charge in [0.2, 0.25) is 0 Å². The fourth-order valence-electron chi connectivity index (χ4n) is 2.70. The molecule has 0 bridgehead atoms. The molecule has 0 aromatic carbocycles. The van der Waals surface area contributed by atoms with Crippen molar-refractivity contribution in [1.29, 1.82) is 0 Å². The molecule has 3 unspecified atom stereocenters. The van der Waals surface area contributed by atoms with Crippen LogP contribution in [-0.2, 0) is 11.3 Å². The first-order valence-corrected chi connectivity index (χ1v) is 7.56. The van der Waals surface area contributed by atoms with Crippen LogP contribution in [0.15, 0.2) is 10.6 Å². The highest BCUT2D eigenvalue weighted by Gasteiger charge is 2.20. The van der Waals surface area contributed by atoms with E-state index in [1.807, 2.05) is 13.0 Å². The highest BCUT2D eigenvalue weighted by atomic mass is 16.5. The van der Waals surface area contributed by atoms with Crippen molar-refractivity contribution in [2.75, 3.05) is 13.2 Å². The molecule has 1 aliphatic carbocycles. The monoisotopic (exact) mass is 282 g/mol. The van der Waals surface area contributed by atoms with Crippen LogP contribution in [0.25, 0.3) is 0 Å². The molecule has 1 aromatic rings. The summed E-state index contributed by atoms with van der Waals surface area (Å²) in [7, 11) is 0. The average molecular weight is 282 g/mol. The zero-order valence-corrected chi connectivity index (χ0v) is 12.5. The van der Waals surface area contributed by atoms with Gasteiger partial charge in [-0.3, -0.25) is 0 Å². The Bertz CT molecular complexity index is 394. The predicted molar refractivity (Wildman–Crippen MR) is 76.3 cm³/mol. The Labute approximate surface area is 120 Å². The first-order chi connectivity index (χ1) is 9.63. The van der Waals surface area contributed by atoms with Gasteiger partial charge in [-0.2, -0.15) is 0 Å². The lowest BCUT2D eigenvalue weighted by atomic mass is 9.89. The number of rotatable bonds is 7. The van der Waals surface area contributed by atoms with Crippen LogP contribution in [0.3, 0.4) is 0 Å². The van der Waals surface area contributed by atoms with Crippen molar-refractivity contribution >= 4 is 0 Å². The molecular weight excluding hydrogens is 256 g/mol. The maximum Gasteiger partial charge on any atom is 0.150 e. The molecule has 0 aliphatic heterocycles. The zero-order chi connectivity index (χ0) is 14.4. The van der Waals surface area contributed by atoms with Crippen molar-refractivity contribution in [2.45, 2.75) is 58.3 Å². The van der Waals surface area contributed by atoms with Crippen LogP contribution >= 0.6 is 0 Å². The van der Waals surface area contributed by atoms with Gasteiger partial charge in [-0.25, -0.2) is 0 Å². The van der Waals surface area contributed by atoms with Crippen LogP contribution in [0.1, 0.15) is 44.1 Å². The zero-order valence-electron chi connectivity index (χ0n) is 12.5. The van der Waals surface area contributed by atoms with Crippen molar-refractivity contribution in [3.05, 3.63) is 17.5 Å². The Kier molecular flexibility index (Phi) is 6.01. The van der Waals surface area contributed by atoms with E-state index in [1.165, 1.54) is 12.8 Å². The van der Waals surface area contributed by atoms with Gasteiger partial charge in [0, 0.05) is 12.6 Å². The van der Waals surface area contributed by atoms with Crippen molar-refractivity contribution in [3.8, 4) is 0 Å². The van der Waals surface area contributed by atoms with E-state index in [4.69, 9.17) is 9.26 Å². The van der Waals surface area contributed by atoms with Gasteiger partial charge in [0.15, 0.2) is 5.76 Å². The van der Waals surface area contributed by atoms with Crippen molar-refractivity contribution in [1.82, 2.24) is 10.5 Å². The highest BCUT2D eigenvalue weighted by Crippen LogP contribution is 2.25. The van der Waals surface area contributed by atoms with Crippen LogP contribution in [-0.4, -0.2) is 35.6 Å². The van der Waals surface area contributed by atoms with Crippen LogP contribution in [0.2, 0.25) is 0 Å². The second kappa shape index (κ2) is 7.76. The van der Waals surface area contributed by atoms with Crippen LogP contribution in [0, 0.1) is 12.8 Å². The summed E-state index contributed by atoms with van der Waals surface area (Å²) in [5.74, 6) is 1.54. The Balaban J connectivity index is 1.57. The molecule has 114 valence electrons. The summed E-state index contributed by atoms with van der Waals surface area (Å²) in [4.78, 5) is 0. The standard InChI is InChI=1S/C15H26N2O3/c1-11-4-3-5-14(6-11)19-10-13(18)8-16-9-15-7-12(2)17-20-15/h7,11,13-14,16,18H,3-6,8-10H2,1-2H3. The maximum atomic E-state index is 9.90. The molecule has 0 spiro atoms. The van der Waals surface area contributed by atoms with Crippen LogP contribution in [0.4, 0.5) is 0 Å². The summed E-state index contributed by atoms with van der Waals surface area (Å²) in [5, 5.41) is 16.9.